The van der Waals surface area contributed by atoms with Crippen LogP contribution in [0.2, 0.25) is 0 Å². The average molecular weight is 524 g/mol. The van der Waals surface area contributed by atoms with E-state index in [9.17, 15) is 34.8 Å². The van der Waals surface area contributed by atoms with Gasteiger partial charge in [-0.15, -0.1) is 0 Å². The summed E-state index contributed by atoms with van der Waals surface area (Å²) in [5.74, 6) is -5.16. The highest BCUT2D eigenvalue weighted by Gasteiger charge is 2.39. The summed E-state index contributed by atoms with van der Waals surface area (Å²) < 4.78 is 88.1. The molecule has 1 aromatic heterocycles. The number of aliphatic carboxylic acids is 2. The number of piperidine rings is 1. The Labute approximate surface area is 190 Å². The van der Waals surface area contributed by atoms with E-state index in [4.69, 9.17) is 19.8 Å². The molecule has 0 radical (unpaired) electrons. The zero-order valence-electron chi connectivity index (χ0n) is 17.6. The van der Waals surface area contributed by atoms with Gasteiger partial charge in [0.15, 0.2) is 0 Å². The fourth-order valence-corrected chi connectivity index (χ4v) is 3.98. The lowest BCUT2D eigenvalue weighted by molar-refractivity contribution is -0.193. The normalized spacial score (nSPS) is 17.4. The topological polar surface area (TPSA) is 150 Å². The number of halogens is 6. The maximum atomic E-state index is 11.6. The number of hydrogen-bond donors (Lipinski definition) is 3. The molecule has 1 fully saturated rings. The van der Waals surface area contributed by atoms with Gasteiger partial charge in [0.25, 0.3) is 0 Å². The Hall–Kier alpha value is -2.53. The van der Waals surface area contributed by atoms with Crippen LogP contribution in [-0.4, -0.2) is 83.1 Å². The highest BCUT2D eigenvalue weighted by molar-refractivity contribution is 7.88. The summed E-state index contributed by atoms with van der Waals surface area (Å²) >= 11 is 0. The highest BCUT2D eigenvalue weighted by Crippen LogP contribution is 2.31. The van der Waals surface area contributed by atoms with Gasteiger partial charge < -0.3 is 15.5 Å². The maximum Gasteiger partial charge on any atom is 0.490 e. The molecule has 0 unspecified atom stereocenters. The van der Waals surface area contributed by atoms with Crippen molar-refractivity contribution in [1.82, 2.24) is 19.6 Å². The number of rotatable bonds is 2. The molecule has 0 saturated carbocycles. The molecule has 3 heterocycles. The van der Waals surface area contributed by atoms with Crippen LogP contribution in [0.15, 0.2) is 6.33 Å². The molecular formula is C17H22F6N4O6S. The van der Waals surface area contributed by atoms with E-state index in [1.807, 2.05) is 0 Å². The smallest absolute Gasteiger partial charge is 0.475 e. The van der Waals surface area contributed by atoms with Crippen molar-refractivity contribution in [3.8, 4) is 0 Å². The fourth-order valence-electron chi connectivity index (χ4n) is 3.11. The number of hydrogen-bond acceptors (Lipinski definition) is 7. The lowest BCUT2D eigenvalue weighted by Gasteiger charge is -2.31. The van der Waals surface area contributed by atoms with E-state index in [2.05, 4.69) is 15.3 Å². The maximum absolute atomic E-state index is 11.6. The first-order valence-corrected chi connectivity index (χ1v) is 11.4. The Morgan fingerprint density at radius 1 is 1.03 bits per heavy atom. The highest BCUT2D eigenvalue weighted by atomic mass is 32.2. The van der Waals surface area contributed by atoms with Crippen molar-refractivity contribution in [3.63, 3.8) is 0 Å². The number of fused-ring (bicyclic) bond motifs is 1. The second-order valence-electron chi connectivity index (χ2n) is 7.15. The number of nitrogens with one attached hydrogen (secondary N) is 1. The molecule has 0 aromatic carbocycles. The molecule has 3 N–H and O–H groups in total. The van der Waals surface area contributed by atoms with Gasteiger partial charge in [0.05, 0.1) is 11.9 Å². The summed E-state index contributed by atoms with van der Waals surface area (Å²) in [6.45, 7) is 2.99. The molecule has 0 bridgehead atoms. The molecule has 0 atom stereocenters. The summed E-state index contributed by atoms with van der Waals surface area (Å²) in [6, 6.07) is 0. The van der Waals surface area contributed by atoms with E-state index < -0.39 is 34.3 Å². The quantitative estimate of drug-likeness (QED) is 0.490. The predicted molar refractivity (Wildman–Crippen MR) is 103 cm³/mol. The number of aromatic nitrogens is 2. The van der Waals surface area contributed by atoms with Crippen molar-refractivity contribution in [2.75, 3.05) is 25.9 Å². The minimum absolute atomic E-state index is 0.352. The number of alkyl halides is 6. The van der Waals surface area contributed by atoms with Crippen LogP contribution in [0.3, 0.4) is 0 Å². The van der Waals surface area contributed by atoms with E-state index >= 15 is 0 Å². The lowest BCUT2D eigenvalue weighted by atomic mass is 9.89. The minimum atomic E-state index is -5.08. The zero-order chi connectivity index (χ0) is 26.3. The van der Waals surface area contributed by atoms with Gasteiger partial charge >= 0.3 is 24.3 Å². The molecule has 0 aliphatic carbocycles. The van der Waals surface area contributed by atoms with Crippen molar-refractivity contribution in [1.29, 1.82) is 0 Å². The molecular weight excluding hydrogens is 502 g/mol. The summed E-state index contributed by atoms with van der Waals surface area (Å²) in [5.41, 5.74) is 3.51. The van der Waals surface area contributed by atoms with Gasteiger partial charge in [-0.25, -0.2) is 32.3 Å². The number of nitrogens with zero attached hydrogens (tertiary/aromatic N) is 3. The SMILES string of the molecule is CS(=O)(=O)N1CCC(c2ncnc3c2CNCC3)CC1.O=C(O)C(F)(F)F.O=C(O)C(F)(F)F. The third-order valence-corrected chi connectivity index (χ3v) is 6.01. The molecule has 0 amide bonds. The molecule has 2 aliphatic rings. The third kappa shape index (κ3) is 9.38. The number of sulfonamides is 1. The predicted octanol–water partition coefficient (Wildman–Crippen LogP) is 1.53. The summed E-state index contributed by atoms with van der Waals surface area (Å²) in [6.07, 6.45) is -4.59. The van der Waals surface area contributed by atoms with Gasteiger partial charge in [0.1, 0.15) is 6.33 Å². The number of carbonyl (C=O) groups is 2. The van der Waals surface area contributed by atoms with E-state index in [-0.39, 0.29) is 0 Å². The van der Waals surface area contributed by atoms with Crippen LogP contribution < -0.4 is 5.32 Å². The second kappa shape index (κ2) is 11.7. The Morgan fingerprint density at radius 3 is 1.91 bits per heavy atom. The molecule has 34 heavy (non-hydrogen) atoms. The van der Waals surface area contributed by atoms with E-state index in [0.29, 0.717) is 19.0 Å². The number of carboxylic acids is 2. The zero-order valence-corrected chi connectivity index (χ0v) is 18.5. The van der Waals surface area contributed by atoms with E-state index in [1.54, 1.807) is 10.6 Å². The van der Waals surface area contributed by atoms with Crippen molar-refractivity contribution < 1.29 is 54.6 Å². The van der Waals surface area contributed by atoms with E-state index in [0.717, 1.165) is 43.7 Å². The van der Waals surface area contributed by atoms with Crippen molar-refractivity contribution in [2.24, 2.45) is 0 Å². The minimum Gasteiger partial charge on any atom is -0.475 e. The Kier molecular flexibility index (Phi) is 10.2. The van der Waals surface area contributed by atoms with Crippen LogP contribution in [0.1, 0.15) is 35.7 Å². The van der Waals surface area contributed by atoms with Crippen LogP contribution in [0, 0.1) is 0 Å². The molecule has 10 nitrogen and oxygen atoms in total. The average Bonchev–Trinajstić information content (AvgIpc) is 2.72. The summed E-state index contributed by atoms with van der Waals surface area (Å²) in [7, 11) is -3.06. The van der Waals surface area contributed by atoms with Gasteiger partial charge in [-0.1, -0.05) is 0 Å². The monoisotopic (exact) mass is 524 g/mol. The van der Waals surface area contributed by atoms with Gasteiger partial charge in [0, 0.05) is 49.8 Å². The standard InChI is InChI=1S/C13H20N4O2S.2C2HF3O2/c1-20(18,19)17-6-3-10(4-7-17)13-11-8-14-5-2-12(11)15-9-16-13;2*3-2(4,5)1(6)7/h9-10,14H,2-8H2,1H3;2*(H,6,7). The summed E-state index contributed by atoms with van der Waals surface area (Å²) in [5, 5.41) is 17.6. The first-order valence-electron chi connectivity index (χ1n) is 9.53. The Morgan fingerprint density at radius 2 is 1.50 bits per heavy atom. The van der Waals surface area contributed by atoms with Gasteiger partial charge in [0.2, 0.25) is 10.0 Å². The Balaban J connectivity index is 0.000000343. The Bertz CT molecular complexity index is 938. The van der Waals surface area contributed by atoms with Gasteiger partial charge in [-0.2, -0.15) is 26.3 Å². The van der Waals surface area contributed by atoms with Crippen molar-refractivity contribution >= 4 is 22.0 Å². The van der Waals surface area contributed by atoms with Crippen LogP contribution in [0.5, 0.6) is 0 Å². The largest absolute Gasteiger partial charge is 0.490 e. The molecule has 3 rings (SSSR count). The number of carboxylic acid groups (broad SMARTS) is 2. The lowest BCUT2D eigenvalue weighted by Crippen LogP contribution is -2.38. The van der Waals surface area contributed by atoms with Crippen LogP contribution in [-0.2, 0) is 32.6 Å². The van der Waals surface area contributed by atoms with Crippen molar-refractivity contribution in [2.45, 2.75) is 44.1 Å². The molecule has 1 saturated heterocycles. The molecule has 0 spiro atoms. The van der Waals surface area contributed by atoms with E-state index in [1.165, 1.54) is 11.8 Å². The van der Waals surface area contributed by atoms with Crippen LogP contribution >= 0.6 is 0 Å². The third-order valence-electron chi connectivity index (χ3n) is 4.70. The molecule has 17 heteroatoms. The van der Waals surface area contributed by atoms with Gasteiger partial charge in [-0.05, 0) is 12.8 Å². The summed E-state index contributed by atoms with van der Waals surface area (Å²) in [4.78, 5) is 26.6. The van der Waals surface area contributed by atoms with Gasteiger partial charge in [-0.3, -0.25) is 0 Å². The molecule has 194 valence electrons. The second-order valence-corrected chi connectivity index (χ2v) is 9.14. The molecule has 2 aliphatic heterocycles. The van der Waals surface area contributed by atoms with Crippen molar-refractivity contribution in [3.05, 3.63) is 23.3 Å². The molecule has 1 aromatic rings. The fraction of sp³-hybridized carbons (Fsp3) is 0.647. The first-order chi connectivity index (χ1) is 15.4. The van der Waals surface area contributed by atoms with Crippen LogP contribution in [0.4, 0.5) is 26.3 Å². The first kappa shape index (κ1) is 29.5. The van der Waals surface area contributed by atoms with Crippen LogP contribution in [0.25, 0.3) is 0 Å².